The second kappa shape index (κ2) is 3.21. The van der Waals surface area contributed by atoms with E-state index in [9.17, 15) is 0 Å². The largest absolute Gasteiger partial charge is 0.328 e. The van der Waals surface area contributed by atoms with Gasteiger partial charge in [0.2, 0.25) is 0 Å². The molecule has 3 fully saturated rings. The van der Waals surface area contributed by atoms with E-state index in [1.165, 1.54) is 38.6 Å². The summed E-state index contributed by atoms with van der Waals surface area (Å²) >= 11 is 0. The molecule has 0 bridgehead atoms. The number of nitrogens with zero attached hydrogens (tertiary/aromatic N) is 1. The summed E-state index contributed by atoms with van der Waals surface area (Å²) in [5, 5.41) is 0. The van der Waals surface area contributed by atoms with Gasteiger partial charge in [-0.25, -0.2) is 0 Å². The van der Waals surface area contributed by atoms with Crippen molar-refractivity contribution in [2.45, 2.75) is 57.2 Å². The number of fused-ring (bicyclic) bond motifs is 1. The second-order valence-corrected chi connectivity index (χ2v) is 5.68. The maximum Gasteiger partial charge on any atom is 0.0129 e. The van der Waals surface area contributed by atoms with Gasteiger partial charge in [-0.1, -0.05) is 0 Å². The van der Waals surface area contributed by atoms with Crippen LogP contribution in [0, 0.1) is 11.8 Å². The number of piperidine rings is 1. The van der Waals surface area contributed by atoms with Gasteiger partial charge in [-0.05, 0) is 50.9 Å². The Kier molecular flexibility index (Phi) is 2.10. The first kappa shape index (κ1) is 9.17. The van der Waals surface area contributed by atoms with Crippen molar-refractivity contribution in [3.8, 4) is 0 Å². The van der Waals surface area contributed by atoms with E-state index in [2.05, 4.69) is 11.8 Å². The number of rotatable bonds is 1. The summed E-state index contributed by atoms with van der Waals surface area (Å²) in [6, 6.07) is 2.14. The molecular weight excluding hydrogens is 172 g/mol. The molecule has 2 saturated carbocycles. The van der Waals surface area contributed by atoms with Gasteiger partial charge >= 0.3 is 0 Å². The molecule has 14 heavy (non-hydrogen) atoms. The van der Waals surface area contributed by atoms with Crippen molar-refractivity contribution in [3.05, 3.63) is 0 Å². The minimum absolute atomic E-state index is 0.470. The quantitative estimate of drug-likeness (QED) is 0.687. The van der Waals surface area contributed by atoms with Crippen molar-refractivity contribution in [2.75, 3.05) is 6.54 Å². The number of likely N-dealkylation sites (tertiary alicyclic amines) is 1. The highest BCUT2D eigenvalue weighted by Crippen LogP contribution is 2.54. The van der Waals surface area contributed by atoms with Gasteiger partial charge in [0.25, 0.3) is 0 Å². The highest BCUT2D eigenvalue weighted by atomic mass is 15.2. The van der Waals surface area contributed by atoms with Crippen molar-refractivity contribution in [3.63, 3.8) is 0 Å². The van der Waals surface area contributed by atoms with Crippen LogP contribution in [0.2, 0.25) is 0 Å². The topological polar surface area (TPSA) is 29.3 Å². The molecule has 1 saturated heterocycles. The fourth-order valence-electron chi connectivity index (χ4n) is 3.80. The van der Waals surface area contributed by atoms with E-state index < -0.39 is 0 Å². The average molecular weight is 194 g/mol. The smallest absolute Gasteiger partial charge is 0.0129 e. The Labute approximate surface area is 86.8 Å². The predicted molar refractivity (Wildman–Crippen MR) is 58.0 cm³/mol. The molecule has 0 radical (unpaired) electrons. The lowest BCUT2D eigenvalue weighted by molar-refractivity contribution is 0.0872. The van der Waals surface area contributed by atoms with Crippen LogP contribution in [0.1, 0.15) is 39.0 Å². The van der Waals surface area contributed by atoms with E-state index >= 15 is 0 Å². The number of nitrogens with two attached hydrogens (primary N) is 1. The van der Waals surface area contributed by atoms with Crippen molar-refractivity contribution in [1.82, 2.24) is 4.90 Å². The molecule has 2 N–H and O–H groups in total. The first-order valence-electron chi connectivity index (χ1n) is 6.27. The molecule has 1 aliphatic heterocycles. The van der Waals surface area contributed by atoms with E-state index in [0.29, 0.717) is 6.04 Å². The molecular formula is C12H22N2. The highest BCUT2D eigenvalue weighted by molar-refractivity contribution is 5.03. The Morgan fingerprint density at radius 2 is 2.00 bits per heavy atom. The molecule has 0 amide bonds. The highest BCUT2D eigenvalue weighted by Gasteiger charge is 2.51. The molecule has 0 aromatic rings. The van der Waals surface area contributed by atoms with E-state index in [1.807, 2.05) is 0 Å². The van der Waals surface area contributed by atoms with Crippen molar-refractivity contribution in [2.24, 2.45) is 17.6 Å². The Balaban J connectivity index is 1.66. The zero-order valence-corrected chi connectivity index (χ0v) is 9.15. The summed E-state index contributed by atoms with van der Waals surface area (Å²) in [7, 11) is 0. The maximum atomic E-state index is 6.00. The Morgan fingerprint density at radius 3 is 2.57 bits per heavy atom. The van der Waals surface area contributed by atoms with Crippen molar-refractivity contribution in [1.29, 1.82) is 0 Å². The molecule has 0 spiro atoms. The Bertz CT molecular complexity index is 228. The molecule has 0 aromatic carbocycles. The van der Waals surface area contributed by atoms with E-state index in [4.69, 9.17) is 5.73 Å². The third kappa shape index (κ3) is 1.40. The molecule has 2 heteroatoms. The van der Waals surface area contributed by atoms with Crippen LogP contribution in [0.4, 0.5) is 0 Å². The van der Waals surface area contributed by atoms with Crippen LogP contribution in [0.3, 0.4) is 0 Å². The zero-order chi connectivity index (χ0) is 9.71. The molecule has 80 valence electrons. The Hall–Kier alpha value is -0.0800. The summed E-state index contributed by atoms with van der Waals surface area (Å²) in [6.45, 7) is 3.63. The van der Waals surface area contributed by atoms with E-state index in [0.717, 1.165) is 23.9 Å². The van der Waals surface area contributed by atoms with Crippen LogP contribution in [-0.4, -0.2) is 29.6 Å². The molecule has 1 heterocycles. The lowest BCUT2D eigenvalue weighted by Crippen LogP contribution is -2.50. The van der Waals surface area contributed by atoms with Gasteiger partial charge in [-0.2, -0.15) is 0 Å². The van der Waals surface area contributed by atoms with Crippen LogP contribution in [0.15, 0.2) is 0 Å². The molecule has 0 aromatic heterocycles. The summed E-state index contributed by atoms with van der Waals surface area (Å²) < 4.78 is 0. The second-order valence-electron chi connectivity index (χ2n) is 5.68. The van der Waals surface area contributed by atoms with Gasteiger partial charge in [-0.3, -0.25) is 4.90 Å². The van der Waals surface area contributed by atoms with Crippen molar-refractivity contribution < 1.29 is 0 Å². The summed E-state index contributed by atoms with van der Waals surface area (Å²) in [5.74, 6) is 2.19. The first-order valence-corrected chi connectivity index (χ1v) is 6.27. The van der Waals surface area contributed by atoms with Gasteiger partial charge in [-0.15, -0.1) is 0 Å². The summed E-state index contributed by atoms with van der Waals surface area (Å²) in [6.07, 6.45) is 6.94. The molecule has 5 unspecified atom stereocenters. The summed E-state index contributed by atoms with van der Waals surface area (Å²) in [5.41, 5.74) is 6.00. The molecule has 3 rings (SSSR count). The monoisotopic (exact) mass is 194 g/mol. The van der Waals surface area contributed by atoms with E-state index in [1.54, 1.807) is 0 Å². The molecule has 2 nitrogen and oxygen atoms in total. The van der Waals surface area contributed by atoms with Crippen LogP contribution < -0.4 is 5.73 Å². The third-order valence-corrected chi connectivity index (χ3v) is 4.70. The standard InChI is InChI=1S/C12H22N2/c1-8-6-10(13)4-5-14(8)12-3-2-9-7-11(9)12/h8-12H,2-7,13H2,1H3. The zero-order valence-electron chi connectivity index (χ0n) is 9.15. The fourth-order valence-corrected chi connectivity index (χ4v) is 3.80. The molecule has 2 aliphatic carbocycles. The normalized spacial score (nSPS) is 53.1. The molecule has 3 aliphatic rings. The minimum atomic E-state index is 0.470. The van der Waals surface area contributed by atoms with Crippen LogP contribution in [-0.2, 0) is 0 Å². The van der Waals surface area contributed by atoms with Crippen LogP contribution in [0.25, 0.3) is 0 Å². The van der Waals surface area contributed by atoms with Gasteiger partial charge < -0.3 is 5.73 Å². The lowest BCUT2D eigenvalue weighted by Gasteiger charge is -2.41. The van der Waals surface area contributed by atoms with Crippen LogP contribution in [0.5, 0.6) is 0 Å². The summed E-state index contributed by atoms with van der Waals surface area (Å²) in [4.78, 5) is 2.76. The Morgan fingerprint density at radius 1 is 1.14 bits per heavy atom. The third-order valence-electron chi connectivity index (χ3n) is 4.70. The first-order chi connectivity index (χ1) is 6.75. The maximum absolute atomic E-state index is 6.00. The van der Waals surface area contributed by atoms with E-state index in [-0.39, 0.29) is 0 Å². The van der Waals surface area contributed by atoms with Gasteiger partial charge in [0, 0.05) is 24.7 Å². The average Bonchev–Trinajstić information content (AvgIpc) is 2.81. The predicted octanol–water partition coefficient (Wildman–Crippen LogP) is 1.60. The van der Waals surface area contributed by atoms with Gasteiger partial charge in [0.15, 0.2) is 0 Å². The van der Waals surface area contributed by atoms with Gasteiger partial charge in [0.1, 0.15) is 0 Å². The molecule has 5 atom stereocenters. The fraction of sp³-hybridized carbons (Fsp3) is 1.00. The van der Waals surface area contributed by atoms with Crippen LogP contribution >= 0.6 is 0 Å². The lowest BCUT2D eigenvalue weighted by atomic mass is 9.95. The SMILES string of the molecule is CC1CC(N)CCN1C1CCC2CC21. The number of hydrogen-bond donors (Lipinski definition) is 1. The number of hydrogen-bond acceptors (Lipinski definition) is 2. The minimum Gasteiger partial charge on any atom is -0.328 e. The van der Waals surface area contributed by atoms with Crippen molar-refractivity contribution >= 4 is 0 Å². The van der Waals surface area contributed by atoms with Gasteiger partial charge in [0.05, 0.1) is 0 Å².